The number of likely N-dealkylation sites (tertiary alicyclic amines) is 1. The van der Waals surface area contributed by atoms with Gasteiger partial charge >= 0.3 is 0 Å². The van der Waals surface area contributed by atoms with Crippen LogP contribution in [-0.2, 0) is 4.79 Å². The quantitative estimate of drug-likeness (QED) is 0.827. The Morgan fingerprint density at radius 2 is 2.45 bits per heavy atom. The topological polar surface area (TPSA) is 57.3 Å². The minimum absolute atomic E-state index is 0.0291. The molecule has 20 heavy (non-hydrogen) atoms. The number of halogens is 1. The minimum Gasteiger partial charge on any atom is -0.322 e. The van der Waals surface area contributed by atoms with Crippen molar-refractivity contribution in [1.82, 2.24) is 15.2 Å². The van der Waals surface area contributed by atoms with E-state index in [1.165, 1.54) is 12.8 Å². The Bertz CT molecular complexity index is 482. The standard InChI is InChI=1S/C14H19ClN4O/c15-14-11(4-2-6-17-14)18-13(20)9-19-7-10-3-1-5-16-12(10)8-19/h2,4,6,10,12,16H,1,3,5,7-9H2,(H,18,20)/t10-,12+/m0/s1. The molecule has 0 unspecified atom stereocenters. The third-order valence-electron chi connectivity index (χ3n) is 4.08. The fourth-order valence-electron chi connectivity index (χ4n) is 3.14. The summed E-state index contributed by atoms with van der Waals surface area (Å²) >= 11 is 5.94. The van der Waals surface area contributed by atoms with Crippen LogP contribution >= 0.6 is 11.6 Å². The Morgan fingerprint density at radius 3 is 3.25 bits per heavy atom. The van der Waals surface area contributed by atoms with E-state index < -0.39 is 0 Å². The van der Waals surface area contributed by atoms with E-state index in [2.05, 4.69) is 20.5 Å². The van der Waals surface area contributed by atoms with E-state index in [1.54, 1.807) is 18.3 Å². The van der Waals surface area contributed by atoms with Crippen LogP contribution in [0.5, 0.6) is 0 Å². The van der Waals surface area contributed by atoms with Crippen LogP contribution in [0.2, 0.25) is 5.15 Å². The van der Waals surface area contributed by atoms with Crippen LogP contribution < -0.4 is 10.6 Å². The lowest BCUT2D eigenvalue weighted by Crippen LogP contribution is -2.41. The van der Waals surface area contributed by atoms with Gasteiger partial charge in [0.1, 0.15) is 0 Å². The van der Waals surface area contributed by atoms with E-state index in [4.69, 9.17) is 11.6 Å². The van der Waals surface area contributed by atoms with Crippen LogP contribution in [0.15, 0.2) is 18.3 Å². The van der Waals surface area contributed by atoms with Gasteiger partial charge in [0.05, 0.1) is 12.2 Å². The van der Waals surface area contributed by atoms with Crippen molar-refractivity contribution in [1.29, 1.82) is 0 Å². The number of rotatable bonds is 3. The first-order valence-electron chi connectivity index (χ1n) is 7.08. The molecule has 1 aromatic heterocycles. The molecule has 0 aliphatic carbocycles. The zero-order valence-corrected chi connectivity index (χ0v) is 12.1. The lowest BCUT2D eigenvalue weighted by Gasteiger charge is -2.24. The maximum absolute atomic E-state index is 12.1. The van der Waals surface area contributed by atoms with Gasteiger partial charge < -0.3 is 10.6 Å². The molecule has 2 N–H and O–H groups in total. The lowest BCUT2D eigenvalue weighted by molar-refractivity contribution is -0.117. The summed E-state index contributed by atoms with van der Waals surface area (Å²) in [6, 6.07) is 4.08. The van der Waals surface area contributed by atoms with Crippen LogP contribution in [-0.4, -0.2) is 48.0 Å². The first-order chi connectivity index (χ1) is 9.72. The van der Waals surface area contributed by atoms with Gasteiger partial charge in [0.15, 0.2) is 5.15 Å². The number of hydrogen-bond acceptors (Lipinski definition) is 4. The summed E-state index contributed by atoms with van der Waals surface area (Å²) in [5.74, 6) is 0.664. The molecule has 0 aromatic carbocycles. The number of fused-ring (bicyclic) bond motifs is 1. The molecule has 0 saturated carbocycles. The maximum atomic E-state index is 12.1. The van der Waals surface area contributed by atoms with Crippen molar-refractivity contribution >= 4 is 23.2 Å². The Kier molecular flexibility index (Phi) is 4.19. The zero-order valence-electron chi connectivity index (χ0n) is 11.3. The molecule has 2 aliphatic heterocycles. The molecule has 2 saturated heterocycles. The van der Waals surface area contributed by atoms with Gasteiger partial charge in [-0.1, -0.05) is 11.6 Å². The molecule has 3 rings (SSSR count). The summed E-state index contributed by atoms with van der Waals surface area (Å²) in [4.78, 5) is 18.2. The number of hydrogen-bond donors (Lipinski definition) is 2. The third-order valence-corrected chi connectivity index (χ3v) is 4.38. The highest BCUT2D eigenvalue weighted by Crippen LogP contribution is 2.24. The Labute approximate surface area is 123 Å². The molecule has 6 heteroatoms. The van der Waals surface area contributed by atoms with Gasteiger partial charge in [-0.05, 0) is 37.4 Å². The van der Waals surface area contributed by atoms with Gasteiger partial charge in [0.25, 0.3) is 0 Å². The minimum atomic E-state index is -0.0291. The molecular weight excluding hydrogens is 276 g/mol. The van der Waals surface area contributed by atoms with Gasteiger partial charge in [0.2, 0.25) is 5.91 Å². The highest BCUT2D eigenvalue weighted by molar-refractivity contribution is 6.32. The molecule has 5 nitrogen and oxygen atoms in total. The Hall–Kier alpha value is -1.17. The molecule has 3 heterocycles. The second-order valence-electron chi connectivity index (χ2n) is 5.55. The van der Waals surface area contributed by atoms with Crippen LogP contribution in [0.4, 0.5) is 5.69 Å². The molecule has 1 aromatic rings. The number of anilines is 1. The van der Waals surface area contributed by atoms with E-state index in [0.717, 1.165) is 19.6 Å². The first kappa shape index (κ1) is 13.8. The van der Waals surface area contributed by atoms with Crippen molar-refractivity contribution in [3.05, 3.63) is 23.5 Å². The van der Waals surface area contributed by atoms with E-state index in [9.17, 15) is 4.79 Å². The zero-order chi connectivity index (χ0) is 13.9. The van der Waals surface area contributed by atoms with Crippen molar-refractivity contribution in [2.45, 2.75) is 18.9 Å². The molecule has 0 spiro atoms. The predicted octanol–water partition coefficient (Wildman–Crippen LogP) is 1.36. The summed E-state index contributed by atoms with van der Waals surface area (Å²) in [6.07, 6.45) is 4.12. The number of pyridine rings is 1. The fourth-order valence-corrected chi connectivity index (χ4v) is 3.30. The van der Waals surface area contributed by atoms with Crippen LogP contribution in [0, 0.1) is 5.92 Å². The SMILES string of the molecule is O=C(CN1C[C@@H]2CCCN[C@@H]2C1)Nc1cccnc1Cl. The molecule has 2 aliphatic rings. The summed E-state index contributed by atoms with van der Waals surface area (Å²) in [7, 11) is 0. The van der Waals surface area contributed by atoms with E-state index >= 15 is 0 Å². The van der Waals surface area contributed by atoms with Crippen molar-refractivity contribution < 1.29 is 4.79 Å². The monoisotopic (exact) mass is 294 g/mol. The predicted molar refractivity (Wildman–Crippen MR) is 78.8 cm³/mol. The molecular formula is C14H19ClN4O. The van der Waals surface area contributed by atoms with E-state index in [1.807, 2.05) is 0 Å². The van der Waals surface area contributed by atoms with Crippen LogP contribution in [0.3, 0.4) is 0 Å². The summed E-state index contributed by atoms with van der Waals surface area (Å²) in [6.45, 7) is 3.48. The molecule has 2 atom stereocenters. The number of carbonyl (C=O) groups is 1. The normalized spacial score (nSPS) is 26.2. The number of amides is 1. The average Bonchev–Trinajstić information content (AvgIpc) is 2.83. The maximum Gasteiger partial charge on any atom is 0.238 e. The third kappa shape index (κ3) is 3.11. The Balaban J connectivity index is 1.53. The van der Waals surface area contributed by atoms with Crippen LogP contribution in [0.25, 0.3) is 0 Å². The van der Waals surface area contributed by atoms with Crippen LogP contribution in [0.1, 0.15) is 12.8 Å². The highest BCUT2D eigenvalue weighted by Gasteiger charge is 2.34. The summed E-state index contributed by atoms with van der Waals surface area (Å²) in [5.41, 5.74) is 0.578. The van der Waals surface area contributed by atoms with Crippen molar-refractivity contribution in [2.75, 3.05) is 31.5 Å². The van der Waals surface area contributed by atoms with Gasteiger partial charge in [-0.3, -0.25) is 9.69 Å². The van der Waals surface area contributed by atoms with E-state index in [-0.39, 0.29) is 5.91 Å². The average molecular weight is 295 g/mol. The molecule has 0 radical (unpaired) electrons. The highest BCUT2D eigenvalue weighted by atomic mass is 35.5. The number of aromatic nitrogens is 1. The number of nitrogens with zero attached hydrogens (tertiary/aromatic N) is 2. The molecule has 1 amide bonds. The van der Waals surface area contributed by atoms with Crippen molar-refractivity contribution in [3.63, 3.8) is 0 Å². The Morgan fingerprint density at radius 1 is 1.55 bits per heavy atom. The van der Waals surface area contributed by atoms with Gasteiger partial charge in [0, 0.05) is 25.3 Å². The first-order valence-corrected chi connectivity index (χ1v) is 7.46. The van der Waals surface area contributed by atoms with Gasteiger partial charge in [-0.2, -0.15) is 0 Å². The second-order valence-corrected chi connectivity index (χ2v) is 5.90. The second kappa shape index (κ2) is 6.08. The smallest absolute Gasteiger partial charge is 0.238 e. The number of piperidine rings is 1. The number of carbonyl (C=O) groups excluding carboxylic acids is 1. The molecule has 0 bridgehead atoms. The fraction of sp³-hybridized carbons (Fsp3) is 0.571. The molecule has 2 fully saturated rings. The largest absolute Gasteiger partial charge is 0.322 e. The van der Waals surface area contributed by atoms with Crippen molar-refractivity contribution in [2.24, 2.45) is 5.92 Å². The van der Waals surface area contributed by atoms with Gasteiger partial charge in [-0.15, -0.1) is 0 Å². The summed E-state index contributed by atoms with van der Waals surface area (Å²) in [5, 5.41) is 6.69. The van der Waals surface area contributed by atoms with E-state index in [0.29, 0.717) is 29.3 Å². The molecule has 108 valence electrons. The number of nitrogens with one attached hydrogen (secondary N) is 2. The van der Waals surface area contributed by atoms with Gasteiger partial charge in [-0.25, -0.2) is 4.98 Å². The summed E-state index contributed by atoms with van der Waals surface area (Å²) < 4.78 is 0. The lowest BCUT2D eigenvalue weighted by atomic mass is 9.94. The van der Waals surface area contributed by atoms with Crippen molar-refractivity contribution in [3.8, 4) is 0 Å².